The van der Waals surface area contributed by atoms with E-state index in [0.29, 0.717) is 12.1 Å². The van der Waals surface area contributed by atoms with Gasteiger partial charge < -0.3 is 81.5 Å². The Bertz CT molecular complexity index is 1570. The van der Waals surface area contributed by atoms with E-state index in [-0.39, 0.29) is 35.9 Å². The van der Waals surface area contributed by atoms with Gasteiger partial charge in [0.25, 0.3) is 0 Å². The highest BCUT2D eigenvalue weighted by molar-refractivity contribution is 7.50. The number of rotatable bonds is 18. The number of carbonyl (C=O) groups is 1. The molecule has 2 aromatic rings. The molecular weight excluding hydrogens is 849 g/mol. The zero-order valence-corrected chi connectivity index (χ0v) is 33.2. The summed E-state index contributed by atoms with van der Waals surface area (Å²) in [4.78, 5) is 31.8. The topological polar surface area (TPSA) is 325 Å². The summed E-state index contributed by atoms with van der Waals surface area (Å²) in [6.07, 6.45) is -22.8. The third kappa shape index (κ3) is 15.7. The van der Waals surface area contributed by atoms with Gasteiger partial charge in [-0.05, 0) is 50.3 Å². The van der Waals surface area contributed by atoms with Crippen molar-refractivity contribution in [1.29, 1.82) is 0 Å². The maximum absolute atomic E-state index is 13.2. The molecule has 60 heavy (non-hydrogen) atoms. The van der Waals surface area contributed by atoms with E-state index in [9.17, 15) is 55.7 Å². The van der Waals surface area contributed by atoms with Crippen LogP contribution in [0.2, 0.25) is 0 Å². The molecule has 1 aliphatic heterocycles. The second kappa shape index (κ2) is 23.9. The van der Waals surface area contributed by atoms with Crippen molar-refractivity contribution < 1.29 is 101 Å². The van der Waals surface area contributed by atoms with E-state index in [2.05, 4.69) is 16.0 Å². The van der Waals surface area contributed by atoms with Gasteiger partial charge >= 0.3 is 26.1 Å². The van der Waals surface area contributed by atoms with Crippen molar-refractivity contribution in [2.24, 2.45) is 0 Å². The molecule has 0 spiro atoms. The molecule has 2 aromatic carbocycles. The normalized spacial score (nSPS) is 20.6. The van der Waals surface area contributed by atoms with Crippen LogP contribution in [0.1, 0.15) is 35.3 Å². The molecule has 26 heteroatoms. The number of carbonyl (C=O) groups excluding carboxylic acids is 1. The van der Waals surface area contributed by atoms with Gasteiger partial charge in [-0.3, -0.25) is 0 Å². The maximum Gasteiger partial charge on any atom is 0.434 e. The molecule has 0 aliphatic carbocycles. The van der Waals surface area contributed by atoms with Crippen LogP contribution in [0.3, 0.4) is 0 Å². The van der Waals surface area contributed by atoms with Crippen molar-refractivity contribution in [3.63, 3.8) is 0 Å². The number of amides is 2. The van der Waals surface area contributed by atoms with Gasteiger partial charge in [-0.1, -0.05) is 30.3 Å². The Morgan fingerprint density at radius 1 is 0.750 bits per heavy atom. The summed E-state index contributed by atoms with van der Waals surface area (Å²) in [5.74, 6) is 0. The maximum atomic E-state index is 13.2. The Morgan fingerprint density at radius 3 is 1.50 bits per heavy atom. The Balaban J connectivity index is 0.000000569. The summed E-state index contributed by atoms with van der Waals surface area (Å²) in [5.41, 5.74) is -5.05. The van der Waals surface area contributed by atoms with Crippen LogP contribution >= 0.6 is 7.75 Å². The number of aliphatic hydroxyl groups excluding tert-OH is 10. The Labute approximate surface area is 339 Å². The van der Waals surface area contributed by atoms with Crippen LogP contribution in [0.15, 0.2) is 48.5 Å². The van der Waals surface area contributed by atoms with Crippen LogP contribution in [-0.4, -0.2) is 174 Å². The number of aliphatic hydroxyl groups is 10. The van der Waals surface area contributed by atoms with E-state index in [1.807, 2.05) is 0 Å². The number of alkyl halides is 6. The van der Waals surface area contributed by atoms with Gasteiger partial charge in [-0.25, -0.2) is 14.0 Å². The number of nitrogens with zero attached hydrogens (tertiary/aromatic N) is 1. The summed E-state index contributed by atoms with van der Waals surface area (Å²) in [6, 6.07) is 7.48. The molecule has 0 aromatic heterocycles. The van der Waals surface area contributed by atoms with E-state index in [1.165, 1.54) is 31.2 Å². The highest BCUT2D eigenvalue weighted by atomic mass is 31.2. The quantitative estimate of drug-likeness (QED) is 0.0574. The highest BCUT2D eigenvalue weighted by Crippen LogP contribution is 2.52. The zero-order valence-electron chi connectivity index (χ0n) is 32.3. The van der Waals surface area contributed by atoms with Crippen molar-refractivity contribution in [3.05, 3.63) is 70.8 Å². The lowest BCUT2D eigenvalue weighted by Gasteiger charge is -2.37. The Kier molecular flexibility index (Phi) is 21.9. The largest absolute Gasteiger partial charge is 0.434 e. The summed E-state index contributed by atoms with van der Waals surface area (Å²) in [7, 11) is -2.06. The first-order valence-electron chi connectivity index (χ1n) is 17.7. The van der Waals surface area contributed by atoms with Crippen LogP contribution in [0, 0.1) is 0 Å². The molecule has 0 saturated carbocycles. The van der Waals surface area contributed by atoms with Gasteiger partial charge in [-0.2, -0.15) is 26.3 Å². The lowest BCUT2D eigenvalue weighted by atomic mass is 9.91. The van der Waals surface area contributed by atoms with E-state index in [0.717, 1.165) is 0 Å². The molecule has 1 saturated heterocycles. The van der Waals surface area contributed by atoms with Crippen molar-refractivity contribution in [2.45, 2.75) is 79.8 Å². The highest BCUT2D eigenvalue weighted by Gasteiger charge is 2.55. The molecule has 0 bridgehead atoms. The molecule has 346 valence electrons. The minimum Gasteiger partial charge on any atom is -0.394 e. The predicted molar refractivity (Wildman–Crippen MR) is 196 cm³/mol. The number of urea groups is 1. The van der Waals surface area contributed by atoms with E-state index < -0.39 is 123 Å². The lowest BCUT2D eigenvalue weighted by molar-refractivity contribution is -0.143. The first kappa shape index (κ1) is 54.9. The molecule has 15 N–H and O–H groups in total. The zero-order chi connectivity index (χ0) is 46.4. The number of halogens is 6. The molecule has 1 aliphatic rings. The van der Waals surface area contributed by atoms with Crippen molar-refractivity contribution in [1.82, 2.24) is 20.6 Å². The number of hydrogen-bond acceptors (Lipinski definition) is 15. The molecule has 0 unspecified atom stereocenters. The molecule has 19 nitrogen and oxygen atoms in total. The van der Waals surface area contributed by atoms with E-state index in [4.69, 9.17) is 45.6 Å². The minimum atomic E-state index is -5.20. The number of benzene rings is 2. The first-order valence-corrected chi connectivity index (χ1v) is 19.3. The smallest absolute Gasteiger partial charge is 0.394 e. The van der Waals surface area contributed by atoms with Crippen LogP contribution in [-0.2, 0) is 27.2 Å². The average Bonchev–Trinajstić information content (AvgIpc) is 3.55. The Morgan fingerprint density at radius 2 is 1.15 bits per heavy atom. The fraction of sp³-hybridized carbons (Fsp3) is 0.618. The third-order valence-corrected chi connectivity index (χ3v) is 9.92. The second-order valence-electron chi connectivity index (χ2n) is 13.4. The van der Waals surface area contributed by atoms with Crippen molar-refractivity contribution >= 4 is 13.8 Å². The predicted octanol–water partition coefficient (Wildman–Crippen LogP) is -1.90. The van der Waals surface area contributed by atoms with Gasteiger partial charge in [0.05, 0.1) is 49.3 Å². The standard InChI is InChI=1S/C20H19F6N2O5P.2C7H17NO5/c1-12(13-7-15(19(21,22)23)9-16(8-13)20(24,25)26)33-11-18(14-5-3-2-4-6-14)10-27-17(29)28(18)34(30,31)32;2*1-8-2-4(10)6(12)7(13)5(11)3-9/h2-9,12H,10-11H2,1H3,(H,27,29)(H2,30,31,32);2*4-13H,2-3H2,1H3/t12-,18+;2*4-,5+,6+,7+/m000/s1. The Hall–Kier alpha value is -3.08. The molecule has 3 rings (SSSR count). The number of likely N-dealkylation sites (N-methyl/N-ethyl adjacent to an activating group) is 2. The molecule has 1 heterocycles. The lowest BCUT2D eigenvalue weighted by Crippen LogP contribution is -2.48. The molecule has 10 atom stereocenters. The van der Waals surface area contributed by atoms with Crippen molar-refractivity contribution in [3.8, 4) is 0 Å². The van der Waals surface area contributed by atoms with Gasteiger partial charge in [0.2, 0.25) is 0 Å². The van der Waals surface area contributed by atoms with Crippen LogP contribution < -0.4 is 16.0 Å². The van der Waals surface area contributed by atoms with Crippen LogP contribution in [0.5, 0.6) is 0 Å². The fourth-order valence-corrected chi connectivity index (χ4v) is 6.51. The number of ether oxygens (including phenoxy) is 1. The molecular formula is C34H53F6N4O15P. The van der Waals surface area contributed by atoms with Gasteiger partial charge in [-0.15, -0.1) is 0 Å². The third-order valence-electron chi connectivity index (χ3n) is 8.83. The van der Waals surface area contributed by atoms with Gasteiger partial charge in [0.15, 0.2) is 0 Å². The summed E-state index contributed by atoms with van der Waals surface area (Å²) >= 11 is 0. The summed E-state index contributed by atoms with van der Waals surface area (Å²) in [5, 5.41) is 97.3. The van der Waals surface area contributed by atoms with E-state index in [1.54, 1.807) is 20.2 Å². The molecule has 0 radical (unpaired) electrons. The number of nitrogens with one attached hydrogen (secondary N) is 3. The monoisotopic (exact) mass is 902 g/mol. The first-order chi connectivity index (χ1) is 27.6. The second-order valence-corrected chi connectivity index (χ2v) is 14.8. The fourth-order valence-electron chi connectivity index (χ4n) is 5.46. The van der Waals surface area contributed by atoms with Crippen LogP contribution in [0.25, 0.3) is 0 Å². The molecule has 2 amide bonds. The number of hydrogen-bond donors (Lipinski definition) is 15. The molecule has 1 fully saturated rings. The van der Waals surface area contributed by atoms with Crippen LogP contribution in [0.4, 0.5) is 31.1 Å². The average molecular weight is 903 g/mol. The minimum absolute atomic E-state index is 0.0171. The van der Waals surface area contributed by atoms with Gasteiger partial charge in [0.1, 0.15) is 42.2 Å². The SMILES string of the molecule is CNC[C@H](O)[C@@H](O)[C@H](O)[C@H](O)CO.CNC[C@H](O)[C@@H](O)[C@H](O)[C@H](O)CO.C[C@H](OC[C@@]1(c2ccccc2)CNC(=O)N1P(=O)(O)O)c1cc(C(F)(F)F)cc(C(F)(F)F)c1. The van der Waals surface area contributed by atoms with E-state index >= 15 is 0 Å². The summed E-state index contributed by atoms with van der Waals surface area (Å²) < 4.78 is 97.1. The van der Waals surface area contributed by atoms with Crippen molar-refractivity contribution in [2.75, 3.05) is 53.6 Å². The van der Waals surface area contributed by atoms with Gasteiger partial charge in [0, 0.05) is 19.6 Å². The summed E-state index contributed by atoms with van der Waals surface area (Å²) in [6.45, 7) is -0.911.